The van der Waals surface area contributed by atoms with E-state index < -0.39 is 0 Å². The summed E-state index contributed by atoms with van der Waals surface area (Å²) in [5.74, 6) is -0.126. The molecule has 2 aromatic carbocycles. The molecule has 0 aliphatic rings. The van der Waals surface area contributed by atoms with Crippen molar-refractivity contribution in [1.82, 2.24) is 14.1 Å². The van der Waals surface area contributed by atoms with Crippen molar-refractivity contribution in [1.29, 1.82) is 0 Å². The normalized spacial score (nSPS) is 10.7. The number of amides is 1. The van der Waals surface area contributed by atoms with Crippen LogP contribution in [-0.2, 0) is 7.05 Å². The van der Waals surface area contributed by atoms with Crippen LogP contribution in [0.15, 0.2) is 95.5 Å². The van der Waals surface area contributed by atoms with Crippen molar-refractivity contribution in [2.45, 2.75) is 10.1 Å². The maximum absolute atomic E-state index is 12.5. The van der Waals surface area contributed by atoms with Crippen molar-refractivity contribution in [2.24, 2.45) is 7.05 Å². The molecule has 0 saturated carbocycles. The number of nitrogens with zero attached hydrogens (tertiary/aromatic N) is 3. The average Bonchev–Trinajstić information content (AvgIpc) is 3.36. The van der Waals surface area contributed by atoms with Crippen LogP contribution < -0.4 is 5.32 Å². The molecule has 0 spiro atoms. The van der Waals surface area contributed by atoms with E-state index in [4.69, 9.17) is 0 Å². The fourth-order valence-corrected chi connectivity index (χ4v) is 3.46. The second-order valence-electron chi connectivity index (χ2n) is 6.04. The zero-order chi connectivity index (χ0) is 18.6. The summed E-state index contributed by atoms with van der Waals surface area (Å²) in [6.45, 7) is 0. The van der Waals surface area contributed by atoms with Crippen LogP contribution in [0.1, 0.15) is 10.4 Å². The van der Waals surface area contributed by atoms with Gasteiger partial charge in [-0.1, -0.05) is 11.8 Å². The number of benzene rings is 2. The molecule has 27 heavy (non-hydrogen) atoms. The van der Waals surface area contributed by atoms with Crippen molar-refractivity contribution in [3.05, 3.63) is 91.0 Å². The van der Waals surface area contributed by atoms with E-state index >= 15 is 0 Å². The summed E-state index contributed by atoms with van der Waals surface area (Å²) >= 11 is 1.58. The predicted octanol–water partition coefficient (Wildman–Crippen LogP) is 4.61. The molecule has 0 fully saturated rings. The van der Waals surface area contributed by atoms with E-state index in [-0.39, 0.29) is 5.91 Å². The van der Waals surface area contributed by atoms with Crippen molar-refractivity contribution < 1.29 is 4.79 Å². The first kappa shape index (κ1) is 17.2. The predicted molar refractivity (Wildman–Crippen MR) is 107 cm³/mol. The monoisotopic (exact) mass is 374 g/mol. The number of hydrogen-bond acceptors (Lipinski definition) is 3. The van der Waals surface area contributed by atoms with Crippen LogP contribution in [0.5, 0.6) is 0 Å². The van der Waals surface area contributed by atoms with Gasteiger partial charge in [0.25, 0.3) is 5.91 Å². The molecule has 6 heteroatoms. The van der Waals surface area contributed by atoms with Crippen molar-refractivity contribution in [3.8, 4) is 5.69 Å². The lowest BCUT2D eigenvalue weighted by atomic mass is 10.2. The second kappa shape index (κ2) is 7.55. The van der Waals surface area contributed by atoms with Crippen LogP contribution in [0.25, 0.3) is 5.69 Å². The highest BCUT2D eigenvalue weighted by molar-refractivity contribution is 7.99. The summed E-state index contributed by atoms with van der Waals surface area (Å²) in [7, 11) is 1.96. The third-order valence-corrected chi connectivity index (χ3v) is 5.21. The molecule has 0 unspecified atom stereocenters. The number of rotatable bonds is 5. The topological polar surface area (TPSA) is 51.9 Å². The van der Waals surface area contributed by atoms with Crippen molar-refractivity contribution >= 4 is 23.4 Å². The van der Waals surface area contributed by atoms with E-state index in [2.05, 4.69) is 10.3 Å². The summed E-state index contributed by atoms with van der Waals surface area (Å²) in [4.78, 5) is 17.8. The highest BCUT2D eigenvalue weighted by Crippen LogP contribution is 2.26. The third-order valence-electron chi connectivity index (χ3n) is 4.13. The summed E-state index contributed by atoms with van der Waals surface area (Å²) in [5, 5.41) is 3.86. The first-order chi connectivity index (χ1) is 13.2. The molecular formula is C21H18N4OS. The van der Waals surface area contributed by atoms with E-state index in [9.17, 15) is 4.79 Å². The lowest BCUT2D eigenvalue weighted by molar-refractivity contribution is 0.102. The van der Waals surface area contributed by atoms with Gasteiger partial charge in [0.1, 0.15) is 0 Å². The number of nitrogens with one attached hydrogen (secondary N) is 1. The molecule has 1 amide bonds. The molecule has 1 N–H and O–H groups in total. The van der Waals surface area contributed by atoms with Gasteiger partial charge >= 0.3 is 0 Å². The van der Waals surface area contributed by atoms with Gasteiger partial charge in [-0.05, 0) is 60.7 Å². The van der Waals surface area contributed by atoms with E-state index in [0.717, 1.165) is 21.4 Å². The Balaban J connectivity index is 1.41. The Kier molecular flexibility index (Phi) is 4.80. The quantitative estimate of drug-likeness (QED) is 0.555. The van der Waals surface area contributed by atoms with E-state index in [1.807, 2.05) is 95.4 Å². The van der Waals surface area contributed by atoms with Gasteiger partial charge in [-0.2, -0.15) is 0 Å². The molecule has 134 valence electrons. The Morgan fingerprint density at radius 3 is 2.30 bits per heavy atom. The van der Waals surface area contributed by atoms with E-state index in [0.29, 0.717) is 5.56 Å². The number of anilines is 1. The second-order valence-corrected chi connectivity index (χ2v) is 7.08. The first-order valence-electron chi connectivity index (χ1n) is 8.49. The molecule has 0 saturated heterocycles. The number of aromatic nitrogens is 3. The fourth-order valence-electron chi connectivity index (χ4n) is 2.66. The Labute approximate surface area is 161 Å². The molecule has 0 aliphatic carbocycles. The van der Waals surface area contributed by atoms with E-state index in [1.54, 1.807) is 18.0 Å². The highest BCUT2D eigenvalue weighted by atomic mass is 32.2. The number of aryl methyl sites for hydroxylation is 1. The van der Waals surface area contributed by atoms with Gasteiger partial charge in [-0.25, -0.2) is 4.98 Å². The van der Waals surface area contributed by atoms with Crippen molar-refractivity contribution in [2.75, 3.05) is 5.32 Å². The molecule has 4 rings (SSSR count). The Morgan fingerprint density at radius 1 is 0.963 bits per heavy atom. The third kappa shape index (κ3) is 3.96. The van der Waals surface area contributed by atoms with Gasteiger partial charge in [-0.15, -0.1) is 0 Å². The Bertz CT molecular complexity index is 1030. The number of imidazole rings is 1. The molecule has 0 atom stereocenters. The molecule has 5 nitrogen and oxygen atoms in total. The van der Waals surface area contributed by atoms with Crippen molar-refractivity contribution in [3.63, 3.8) is 0 Å². The summed E-state index contributed by atoms with van der Waals surface area (Å²) in [6.07, 6.45) is 7.64. The fraction of sp³-hybridized carbons (Fsp3) is 0.0476. The minimum Gasteiger partial charge on any atom is -0.329 e. The molecule has 2 heterocycles. The van der Waals surface area contributed by atoms with Crippen LogP contribution in [0.2, 0.25) is 0 Å². The van der Waals surface area contributed by atoms with Crippen LogP contribution in [-0.4, -0.2) is 20.0 Å². The first-order valence-corrected chi connectivity index (χ1v) is 9.31. The minimum absolute atomic E-state index is 0.126. The average molecular weight is 374 g/mol. The van der Waals surface area contributed by atoms with Crippen LogP contribution in [0.4, 0.5) is 5.69 Å². The Morgan fingerprint density at radius 2 is 1.67 bits per heavy atom. The van der Waals surface area contributed by atoms with Gasteiger partial charge in [0.2, 0.25) is 0 Å². The Hall–Kier alpha value is -3.25. The molecule has 0 aliphatic heterocycles. The zero-order valence-corrected chi connectivity index (χ0v) is 15.6. The maximum Gasteiger partial charge on any atom is 0.255 e. The standard InChI is InChI=1S/C21H18N4OS/c1-24-15-12-22-21(24)27-19-10-6-17(7-11-19)23-20(26)16-4-8-18(9-5-16)25-13-2-3-14-25/h2-15H,1H3,(H,23,26). The van der Waals surface area contributed by atoms with Crippen LogP contribution in [0.3, 0.4) is 0 Å². The van der Waals surface area contributed by atoms with Gasteiger partial charge < -0.3 is 14.5 Å². The lowest BCUT2D eigenvalue weighted by Crippen LogP contribution is -2.11. The largest absolute Gasteiger partial charge is 0.329 e. The summed E-state index contributed by atoms with van der Waals surface area (Å²) < 4.78 is 3.97. The van der Waals surface area contributed by atoms with Crippen LogP contribution in [0, 0.1) is 0 Å². The SMILES string of the molecule is Cn1ccnc1Sc1ccc(NC(=O)c2ccc(-n3cccc3)cc2)cc1. The van der Waals surface area contributed by atoms with Gasteiger partial charge in [0.05, 0.1) is 0 Å². The summed E-state index contributed by atoms with van der Waals surface area (Å²) in [5.41, 5.74) is 2.41. The number of carbonyl (C=O) groups excluding carboxylic acids is 1. The molecule has 0 radical (unpaired) electrons. The molecule has 2 aromatic heterocycles. The molecule has 0 bridgehead atoms. The van der Waals surface area contributed by atoms with Gasteiger partial charge in [0.15, 0.2) is 5.16 Å². The zero-order valence-electron chi connectivity index (χ0n) is 14.7. The van der Waals surface area contributed by atoms with Crippen LogP contribution >= 0.6 is 11.8 Å². The maximum atomic E-state index is 12.5. The lowest BCUT2D eigenvalue weighted by Gasteiger charge is -2.08. The molecular weight excluding hydrogens is 356 g/mol. The molecule has 4 aromatic rings. The van der Waals surface area contributed by atoms with Gasteiger partial charge in [-0.3, -0.25) is 4.79 Å². The minimum atomic E-state index is -0.126. The number of carbonyl (C=O) groups is 1. The number of hydrogen-bond donors (Lipinski definition) is 1. The highest BCUT2D eigenvalue weighted by Gasteiger charge is 2.07. The van der Waals surface area contributed by atoms with E-state index in [1.165, 1.54) is 0 Å². The smallest absolute Gasteiger partial charge is 0.255 e. The summed E-state index contributed by atoms with van der Waals surface area (Å²) in [6, 6.07) is 19.2. The van der Waals surface area contributed by atoms with Gasteiger partial charge in [0, 0.05) is 53.7 Å².